The standard InChI is InChI=1S/C16H32N4O/c1-12-6-8-13(9-7-12)10-18-15(17-5)19-11-14(21)20-16(2,3)4/h12-13H,6-11H2,1-5H3,(H,20,21)(H2,17,18,19). The highest BCUT2D eigenvalue weighted by atomic mass is 16.2. The van der Waals surface area contributed by atoms with Crippen LogP contribution in [0.3, 0.4) is 0 Å². The molecule has 0 atom stereocenters. The van der Waals surface area contributed by atoms with Crippen molar-refractivity contribution in [1.29, 1.82) is 0 Å². The van der Waals surface area contributed by atoms with Crippen LogP contribution in [0.5, 0.6) is 0 Å². The van der Waals surface area contributed by atoms with E-state index in [0.29, 0.717) is 5.96 Å². The van der Waals surface area contributed by atoms with Gasteiger partial charge < -0.3 is 16.0 Å². The van der Waals surface area contributed by atoms with E-state index in [1.54, 1.807) is 7.05 Å². The fourth-order valence-electron chi connectivity index (χ4n) is 2.62. The highest BCUT2D eigenvalue weighted by Crippen LogP contribution is 2.27. The van der Waals surface area contributed by atoms with Crippen molar-refractivity contribution in [2.24, 2.45) is 16.8 Å². The normalized spacial score (nSPS) is 23.6. The van der Waals surface area contributed by atoms with E-state index in [0.717, 1.165) is 18.4 Å². The molecule has 0 aromatic carbocycles. The van der Waals surface area contributed by atoms with Gasteiger partial charge in [0.05, 0.1) is 6.54 Å². The fraction of sp³-hybridized carbons (Fsp3) is 0.875. The number of guanidine groups is 1. The summed E-state index contributed by atoms with van der Waals surface area (Å²) in [5.74, 6) is 2.29. The Balaban J connectivity index is 2.25. The molecule has 1 rings (SSSR count). The lowest BCUT2D eigenvalue weighted by molar-refractivity contribution is -0.121. The molecule has 0 heterocycles. The summed E-state index contributed by atoms with van der Waals surface area (Å²) >= 11 is 0. The summed E-state index contributed by atoms with van der Waals surface area (Å²) < 4.78 is 0. The highest BCUT2D eigenvalue weighted by Gasteiger charge is 2.18. The van der Waals surface area contributed by atoms with Gasteiger partial charge >= 0.3 is 0 Å². The van der Waals surface area contributed by atoms with Crippen molar-refractivity contribution in [3.63, 3.8) is 0 Å². The average Bonchev–Trinajstić information content (AvgIpc) is 2.39. The van der Waals surface area contributed by atoms with Crippen molar-refractivity contribution < 1.29 is 4.79 Å². The molecule has 1 aliphatic carbocycles. The van der Waals surface area contributed by atoms with Crippen LogP contribution < -0.4 is 16.0 Å². The molecule has 0 aliphatic heterocycles. The molecule has 0 saturated heterocycles. The van der Waals surface area contributed by atoms with Gasteiger partial charge in [-0.3, -0.25) is 9.79 Å². The molecule has 0 aromatic heterocycles. The van der Waals surface area contributed by atoms with E-state index in [1.807, 2.05) is 20.8 Å². The number of nitrogens with zero attached hydrogens (tertiary/aromatic N) is 1. The van der Waals surface area contributed by atoms with Crippen LogP contribution in [-0.4, -0.2) is 37.5 Å². The van der Waals surface area contributed by atoms with Crippen LogP contribution in [0.4, 0.5) is 0 Å². The Kier molecular flexibility index (Phi) is 6.99. The minimum absolute atomic E-state index is 0.0167. The maximum atomic E-state index is 11.8. The maximum absolute atomic E-state index is 11.8. The fourth-order valence-corrected chi connectivity index (χ4v) is 2.62. The molecule has 1 saturated carbocycles. The van der Waals surface area contributed by atoms with E-state index in [4.69, 9.17) is 0 Å². The Bertz CT molecular complexity index is 352. The summed E-state index contributed by atoms with van der Waals surface area (Å²) in [6.07, 6.45) is 5.23. The first-order valence-electron chi connectivity index (χ1n) is 8.05. The van der Waals surface area contributed by atoms with E-state index < -0.39 is 0 Å². The van der Waals surface area contributed by atoms with Crippen molar-refractivity contribution in [2.45, 2.75) is 58.9 Å². The van der Waals surface area contributed by atoms with Gasteiger partial charge in [0.2, 0.25) is 5.91 Å². The number of aliphatic imine (C=N–C) groups is 1. The minimum Gasteiger partial charge on any atom is -0.356 e. The Morgan fingerprint density at radius 3 is 2.29 bits per heavy atom. The summed E-state index contributed by atoms with van der Waals surface area (Å²) in [5, 5.41) is 9.32. The number of carbonyl (C=O) groups is 1. The largest absolute Gasteiger partial charge is 0.356 e. The molecule has 21 heavy (non-hydrogen) atoms. The molecular formula is C16H32N4O. The van der Waals surface area contributed by atoms with Crippen LogP contribution in [-0.2, 0) is 4.79 Å². The molecule has 0 radical (unpaired) electrons. The smallest absolute Gasteiger partial charge is 0.239 e. The average molecular weight is 296 g/mol. The zero-order valence-electron chi connectivity index (χ0n) is 14.3. The maximum Gasteiger partial charge on any atom is 0.239 e. The van der Waals surface area contributed by atoms with Crippen molar-refractivity contribution >= 4 is 11.9 Å². The predicted molar refractivity (Wildman–Crippen MR) is 88.4 cm³/mol. The van der Waals surface area contributed by atoms with Crippen LogP contribution in [0, 0.1) is 11.8 Å². The van der Waals surface area contributed by atoms with Gasteiger partial charge in [0.15, 0.2) is 5.96 Å². The van der Waals surface area contributed by atoms with Gasteiger partial charge in [0.25, 0.3) is 0 Å². The third-order valence-electron chi connectivity index (χ3n) is 3.85. The van der Waals surface area contributed by atoms with E-state index in [9.17, 15) is 4.79 Å². The first-order chi connectivity index (χ1) is 9.80. The van der Waals surface area contributed by atoms with Crippen LogP contribution in [0.25, 0.3) is 0 Å². The highest BCUT2D eigenvalue weighted by molar-refractivity contribution is 5.86. The van der Waals surface area contributed by atoms with Crippen LogP contribution in [0.2, 0.25) is 0 Å². The quantitative estimate of drug-likeness (QED) is 0.548. The van der Waals surface area contributed by atoms with E-state index >= 15 is 0 Å². The number of hydrogen-bond acceptors (Lipinski definition) is 2. The van der Waals surface area contributed by atoms with Crippen molar-refractivity contribution in [2.75, 3.05) is 20.1 Å². The first kappa shape index (κ1) is 17.8. The molecule has 0 aromatic rings. The zero-order valence-corrected chi connectivity index (χ0v) is 14.3. The molecule has 122 valence electrons. The van der Waals surface area contributed by atoms with E-state index in [1.165, 1.54) is 25.7 Å². The predicted octanol–water partition coefficient (Wildman–Crippen LogP) is 1.89. The number of amides is 1. The van der Waals surface area contributed by atoms with Crippen molar-refractivity contribution in [1.82, 2.24) is 16.0 Å². The molecular weight excluding hydrogens is 264 g/mol. The molecule has 0 bridgehead atoms. The molecule has 5 heteroatoms. The lowest BCUT2D eigenvalue weighted by atomic mass is 9.83. The summed E-state index contributed by atoms with van der Waals surface area (Å²) in [7, 11) is 1.74. The Labute approximate surface area is 129 Å². The van der Waals surface area contributed by atoms with Crippen LogP contribution in [0.1, 0.15) is 53.4 Å². The second-order valence-electron chi connectivity index (χ2n) is 7.23. The van der Waals surface area contributed by atoms with Gasteiger partial charge in [0.1, 0.15) is 0 Å². The molecule has 1 aliphatic rings. The molecule has 0 unspecified atom stereocenters. The molecule has 5 nitrogen and oxygen atoms in total. The van der Waals surface area contributed by atoms with E-state index in [2.05, 4.69) is 27.9 Å². The van der Waals surface area contributed by atoms with Gasteiger partial charge in [-0.05, 0) is 45.4 Å². The van der Waals surface area contributed by atoms with Gasteiger partial charge in [-0.15, -0.1) is 0 Å². The second-order valence-corrected chi connectivity index (χ2v) is 7.23. The Hall–Kier alpha value is -1.26. The molecule has 0 spiro atoms. The summed E-state index contributed by atoms with van der Waals surface area (Å²) in [6.45, 7) is 9.44. The third kappa shape index (κ3) is 7.93. The second kappa shape index (κ2) is 8.25. The van der Waals surface area contributed by atoms with E-state index in [-0.39, 0.29) is 18.0 Å². The SMILES string of the molecule is CN=C(NCC(=O)NC(C)(C)C)NCC1CCC(C)CC1. The lowest BCUT2D eigenvalue weighted by Gasteiger charge is -2.27. The number of hydrogen-bond donors (Lipinski definition) is 3. The summed E-state index contributed by atoms with van der Waals surface area (Å²) in [6, 6.07) is 0. The van der Waals surface area contributed by atoms with Crippen molar-refractivity contribution in [3.8, 4) is 0 Å². The van der Waals surface area contributed by atoms with Gasteiger partial charge in [-0.25, -0.2) is 0 Å². The van der Waals surface area contributed by atoms with Gasteiger partial charge in [-0.2, -0.15) is 0 Å². The van der Waals surface area contributed by atoms with Crippen LogP contribution >= 0.6 is 0 Å². The third-order valence-corrected chi connectivity index (χ3v) is 3.85. The monoisotopic (exact) mass is 296 g/mol. The molecule has 1 fully saturated rings. The van der Waals surface area contributed by atoms with Gasteiger partial charge in [0, 0.05) is 19.1 Å². The number of nitrogens with one attached hydrogen (secondary N) is 3. The van der Waals surface area contributed by atoms with Gasteiger partial charge in [-0.1, -0.05) is 19.8 Å². The Morgan fingerprint density at radius 1 is 1.14 bits per heavy atom. The summed E-state index contributed by atoms with van der Waals surface area (Å²) in [5.41, 5.74) is -0.200. The zero-order chi connectivity index (χ0) is 15.9. The van der Waals surface area contributed by atoms with Crippen LogP contribution in [0.15, 0.2) is 4.99 Å². The Morgan fingerprint density at radius 2 is 1.76 bits per heavy atom. The molecule has 1 amide bonds. The summed E-state index contributed by atoms with van der Waals surface area (Å²) in [4.78, 5) is 15.9. The minimum atomic E-state index is -0.200. The topological polar surface area (TPSA) is 65.5 Å². The number of rotatable bonds is 4. The van der Waals surface area contributed by atoms with Crippen molar-refractivity contribution in [3.05, 3.63) is 0 Å². The molecule has 3 N–H and O–H groups in total. The first-order valence-corrected chi connectivity index (χ1v) is 8.05. The lowest BCUT2D eigenvalue weighted by Crippen LogP contribution is -2.48. The number of carbonyl (C=O) groups excluding carboxylic acids is 1.